The minimum atomic E-state index is -0.488. The van der Waals surface area contributed by atoms with Gasteiger partial charge in [-0.3, -0.25) is 14.4 Å². The fraction of sp³-hybridized carbons (Fsp3) is 0.921. The Morgan fingerprint density at radius 1 is 0.418 bits per heavy atom. The van der Waals surface area contributed by atoms with Crippen molar-refractivity contribution in [2.24, 2.45) is 5.73 Å². The second kappa shape index (κ2) is 44.7. The monoisotopic (exact) mass is 797 g/mol. The fourth-order valence-electron chi connectivity index (χ4n) is 4.48. The van der Waals surface area contributed by atoms with Crippen LogP contribution in [0.15, 0.2) is 0 Å². The molecule has 0 aromatic heterocycles. The quantitative estimate of drug-likeness (QED) is 0.0644. The summed E-state index contributed by atoms with van der Waals surface area (Å²) in [5.41, 5.74) is 5.36. The van der Waals surface area contributed by atoms with Crippen LogP contribution in [-0.4, -0.2) is 176 Å². The molecule has 0 saturated heterocycles. The Balaban J connectivity index is 4.28. The normalized spacial score (nSPS) is 11.3. The second-order valence-corrected chi connectivity index (χ2v) is 12.5. The predicted molar refractivity (Wildman–Crippen MR) is 208 cm³/mol. The molecule has 5 N–H and O–H groups in total. The fourth-order valence-corrected chi connectivity index (χ4v) is 4.48. The maximum Gasteiger partial charge on any atom is 0.222 e. The molecule has 0 heterocycles. The molecule has 0 aliphatic rings. The third-order valence-electron chi connectivity index (χ3n) is 7.47. The van der Waals surface area contributed by atoms with E-state index < -0.39 is 6.04 Å². The summed E-state index contributed by atoms with van der Waals surface area (Å²) in [5, 5.41) is 8.50. The Hall–Kier alpha value is -2.03. The van der Waals surface area contributed by atoms with Crippen LogP contribution in [0.5, 0.6) is 0 Å². The zero-order valence-corrected chi connectivity index (χ0v) is 34.1. The van der Waals surface area contributed by atoms with Crippen LogP contribution >= 0.6 is 0 Å². The van der Waals surface area contributed by atoms with Crippen LogP contribution in [0.25, 0.3) is 0 Å². The molecule has 55 heavy (non-hydrogen) atoms. The van der Waals surface area contributed by atoms with Crippen molar-refractivity contribution in [2.75, 3.05) is 152 Å². The van der Waals surface area contributed by atoms with E-state index in [1.54, 1.807) is 0 Å². The Morgan fingerprint density at radius 2 is 0.764 bits per heavy atom. The number of hydrogen-bond donors (Lipinski definition) is 4. The summed E-state index contributed by atoms with van der Waals surface area (Å²) >= 11 is 0. The molecule has 17 heteroatoms. The first kappa shape index (κ1) is 53.0. The minimum absolute atomic E-state index is 0.127. The van der Waals surface area contributed by atoms with Gasteiger partial charge in [-0.25, -0.2) is 0 Å². The smallest absolute Gasteiger partial charge is 0.222 e. The molecule has 0 bridgehead atoms. The molecular formula is C38H76N4O13. The van der Waals surface area contributed by atoms with E-state index in [0.717, 1.165) is 51.7 Å². The van der Waals surface area contributed by atoms with Gasteiger partial charge in [-0.1, -0.05) is 39.5 Å². The first-order valence-corrected chi connectivity index (χ1v) is 20.3. The van der Waals surface area contributed by atoms with Crippen molar-refractivity contribution in [3.8, 4) is 0 Å². The highest BCUT2D eigenvalue weighted by atomic mass is 16.6. The van der Waals surface area contributed by atoms with Crippen LogP contribution in [0.3, 0.4) is 0 Å². The summed E-state index contributed by atoms with van der Waals surface area (Å²) in [5.74, 6) is -0.563. The van der Waals surface area contributed by atoms with Gasteiger partial charge in [0.2, 0.25) is 17.7 Å². The van der Waals surface area contributed by atoms with E-state index in [4.69, 9.17) is 53.1 Å². The number of carbonyl (C=O) groups is 3. The number of ether oxygens (including phenoxy) is 10. The standard InChI is InChI=1S/C38H76N4O13/c1-3-5-7-15-46-23-27-50-21-13-40-36(43)9-18-54-33-35(34-55-19-10-37(44)41-14-22-51-28-24-47-16-8-6-4-2)42-38(45)11-17-48-25-29-52-31-32-53-30-26-49-20-12-39/h35H,3-34,39H2,1-2H3,(H,40,43)(H,41,44)(H,42,45). The maximum atomic E-state index is 12.6. The van der Waals surface area contributed by atoms with Gasteiger partial charge in [0.25, 0.3) is 0 Å². The van der Waals surface area contributed by atoms with Crippen molar-refractivity contribution in [2.45, 2.75) is 77.7 Å². The number of nitrogens with two attached hydrogens (primary N) is 1. The summed E-state index contributed by atoms with van der Waals surface area (Å²) in [6.07, 6.45) is 7.19. The molecule has 3 amide bonds. The number of amides is 3. The van der Waals surface area contributed by atoms with E-state index >= 15 is 0 Å². The van der Waals surface area contributed by atoms with E-state index in [2.05, 4.69) is 29.8 Å². The van der Waals surface area contributed by atoms with Crippen LogP contribution < -0.4 is 21.7 Å². The van der Waals surface area contributed by atoms with E-state index in [0.29, 0.717) is 106 Å². The lowest BCUT2D eigenvalue weighted by atomic mass is 10.3. The number of rotatable bonds is 45. The Bertz CT molecular complexity index is 804. The van der Waals surface area contributed by atoms with Crippen molar-refractivity contribution >= 4 is 17.7 Å². The second-order valence-electron chi connectivity index (χ2n) is 12.5. The van der Waals surface area contributed by atoms with Crippen LogP contribution in [0, 0.1) is 0 Å². The van der Waals surface area contributed by atoms with Crippen LogP contribution in [0.4, 0.5) is 0 Å². The van der Waals surface area contributed by atoms with Crippen molar-refractivity contribution in [3.63, 3.8) is 0 Å². The Kier molecular flexibility index (Phi) is 43.0. The molecule has 0 spiro atoms. The van der Waals surface area contributed by atoms with Gasteiger partial charge in [0.15, 0.2) is 0 Å². The van der Waals surface area contributed by atoms with Crippen molar-refractivity contribution in [1.29, 1.82) is 0 Å². The Morgan fingerprint density at radius 3 is 1.18 bits per heavy atom. The molecule has 0 fully saturated rings. The molecule has 0 aliphatic heterocycles. The molecule has 0 unspecified atom stereocenters. The van der Waals surface area contributed by atoms with Crippen LogP contribution in [-0.2, 0) is 61.8 Å². The lowest BCUT2D eigenvalue weighted by molar-refractivity contribution is -0.126. The summed E-state index contributed by atoms with van der Waals surface area (Å²) in [7, 11) is 0. The lowest BCUT2D eigenvalue weighted by Gasteiger charge is -2.19. The van der Waals surface area contributed by atoms with Crippen molar-refractivity contribution in [3.05, 3.63) is 0 Å². The molecule has 326 valence electrons. The van der Waals surface area contributed by atoms with Gasteiger partial charge < -0.3 is 69.1 Å². The number of unbranched alkanes of at least 4 members (excludes halogenated alkanes) is 4. The minimum Gasteiger partial charge on any atom is -0.379 e. The molecule has 0 aromatic carbocycles. The highest BCUT2D eigenvalue weighted by molar-refractivity contribution is 5.76. The van der Waals surface area contributed by atoms with Gasteiger partial charge in [-0.15, -0.1) is 0 Å². The summed E-state index contributed by atoms with van der Waals surface area (Å²) < 4.78 is 55.0. The summed E-state index contributed by atoms with van der Waals surface area (Å²) in [4.78, 5) is 37.1. The van der Waals surface area contributed by atoms with Crippen LogP contribution in [0.2, 0.25) is 0 Å². The largest absolute Gasteiger partial charge is 0.379 e. The first-order chi connectivity index (χ1) is 27.0. The van der Waals surface area contributed by atoms with Crippen LogP contribution in [0.1, 0.15) is 71.6 Å². The molecule has 0 saturated carbocycles. The third kappa shape index (κ3) is 42.9. The SMILES string of the molecule is CCCCCOCCOCCNC(=O)CCOCC(COCCC(=O)NCCOCCOCCCCC)NC(=O)CCOCCOCCOCCOCCN. The molecule has 0 atom stereocenters. The molecule has 0 aliphatic carbocycles. The van der Waals surface area contributed by atoms with Gasteiger partial charge in [-0.05, 0) is 12.8 Å². The molecule has 17 nitrogen and oxygen atoms in total. The van der Waals surface area contributed by atoms with Gasteiger partial charge in [0, 0.05) is 52.1 Å². The van der Waals surface area contributed by atoms with E-state index in [1.807, 2.05) is 0 Å². The predicted octanol–water partition coefficient (Wildman–Crippen LogP) is 1.38. The average molecular weight is 797 g/mol. The van der Waals surface area contributed by atoms with E-state index in [1.165, 1.54) is 0 Å². The first-order valence-electron chi connectivity index (χ1n) is 20.3. The van der Waals surface area contributed by atoms with Gasteiger partial charge in [-0.2, -0.15) is 0 Å². The van der Waals surface area contributed by atoms with Crippen molar-refractivity contribution in [1.82, 2.24) is 16.0 Å². The summed E-state index contributed by atoms with van der Waals surface area (Å²) in [6.45, 7) is 13.8. The lowest BCUT2D eigenvalue weighted by Crippen LogP contribution is -2.42. The molecule has 0 aromatic rings. The van der Waals surface area contributed by atoms with Gasteiger partial charge >= 0.3 is 0 Å². The summed E-state index contributed by atoms with van der Waals surface area (Å²) in [6, 6.07) is -0.488. The van der Waals surface area contributed by atoms with Gasteiger partial charge in [0.05, 0.1) is 125 Å². The number of hydrogen-bond acceptors (Lipinski definition) is 14. The highest BCUT2D eigenvalue weighted by Gasteiger charge is 2.14. The highest BCUT2D eigenvalue weighted by Crippen LogP contribution is 1.97. The van der Waals surface area contributed by atoms with Gasteiger partial charge in [0.1, 0.15) is 0 Å². The van der Waals surface area contributed by atoms with Crippen molar-refractivity contribution < 1.29 is 61.8 Å². The van der Waals surface area contributed by atoms with E-state index in [9.17, 15) is 14.4 Å². The zero-order chi connectivity index (χ0) is 40.1. The molecule has 0 rings (SSSR count). The average Bonchev–Trinajstić information content (AvgIpc) is 3.18. The number of nitrogens with one attached hydrogen (secondary N) is 3. The number of carbonyl (C=O) groups excluding carboxylic acids is 3. The van der Waals surface area contributed by atoms with E-state index in [-0.39, 0.29) is 70.0 Å². The Labute approximate surface area is 330 Å². The molecular weight excluding hydrogens is 720 g/mol. The zero-order valence-electron chi connectivity index (χ0n) is 34.1. The topological polar surface area (TPSA) is 206 Å². The molecule has 0 radical (unpaired) electrons. The maximum absolute atomic E-state index is 12.6. The third-order valence-corrected chi connectivity index (χ3v) is 7.47.